The molecule has 0 unspecified atom stereocenters. The van der Waals surface area contributed by atoms with E-state index >= 15 is 0 Å². The number of hydrogen-bond donors (Lipinski definition) is 1. The van der Waals surface area contributed by atoms with E-state index in [0.29, 0.717) is 37.1 Å². The zero-order valence-electron chi connectivity index (χ0n) is 16.1. The van der Waals surface area contributed by atoms with Gasteiger partial charge >= 0.3 is 5.97 Å². The highest BCUT2D eigenvalue weighted by Crippen LogP contribution is 2.46. The van der Waals surface area contributed by atoms with E-state index in [9.17, 15) is 4.79 Å². The van der Waals surface area contributed by atoms with Crippen LogP contribution in [0.25, 0.3) is 0 Å². The molecule has 0 aromatic heterocycles. The molecule has 0 radical (unpaired) electrons. The topological polar surface area (TPSA) is 65.0 Å². The summed E-state index contributed by atoms with van der Waals surface area (Å²) in [5.74, 6) is 1.37. The Morgan fingerprint density at radius 3 is 2.04 bits per heavy atom. The number of aliphatic carboxylic acids is 1. The molecule has 0 aromatic rings. The van der Waals surface area contributed by atoms with Gasteiger partial charge < -0.3 is 19.3 Å². The van der Waals surface area contributed by atoms with Crippen LogP contribution in [0, 0.1) is 17.8 Å². The molecular formula is C21H36O5. The molecule has 5 heteroatoms. The Morgan fingerprint density at radius 2 is 1.42 bits per heavy atom. The number of hydrogen-bond acceptors (Lipinski definition) is 4. The van der Waals surface area contributed by atoms with Gasteiger partial charge in [0, 0.05) is 32.8 Å². The first-order chi connectivity index (χ1) is 12.7. The Morgan fingerprint density at radius 1 is 0.846 bits per heavy atom. The van der Waals surface area contributed by atoms with Gasteiger partial charge in [-0.05, 0) is 56.3 Å². The summed E-state index contributed by atoms with van der Waals surface area (Å²) in [6.45, 7) is 3.04. The van der Waals surface area contributed by atoms with Crippen LogP contribution in [0.2, 0.25) is 0 Å². The molecule has 1 aliphatic carbocycles. The minimum Gasteiger partial charge on any atom is -0.481 e. The van der Waals surface area contributed by atoms with Crippen molar-refractivity contribution in [2.24, 2.45) is 17.8 Å². The number of rotatable bonds is 13. The lowest BCUT2D eigenvalue weighted by atomic mass is 9.76. The third-order valence-corrected chi connectivity index (χ3v) is 6.61. The molecule has 2 aliphatic heterocycles. The van der Waals surface area contributed by atoms with Crippen LogP contribution in [0.5, 0.6) is 0 Å². The smallest absolute Gasteiger partial charge is 0.303 e. The highest BCUT2D eigenvalue weighted by Gasteiger charge is 2.47. The van der Waals surface area contributed by atoms with Gasteiger partial charge in [-0.1, -0.05) is 25.7 Å². The van der Waals surface area contributed by atoms with Gasteiger partial charge in [-0.3, -0.25) is 4.79 Å². The third kappa shape index (κ3) is 5.93. The predicted molar refractivity (Wildman–Crippen MR) is 99.2 cm³/mol. The molecule has 1 saturated carbocycles. The van der Waals surface area contributed by atoms with Crippen molar-refractivity contribution in [1.29, 1.82) is 0 Å². The van der Waals surface area contributed by atoms with Crippen molar-refractivity contribution < 1.29 is 24.1 Å². The van der Waals surface area contributed by atoms with Gasteiger partial charge in [0.05, 0.1) is 12.2 Å². The van der Waals surface area contributed by atoms with E-state index in [2.05, 4.69) is 0 Å². The van der Waals surface area contributed by atoms with Crippen LogP contribution in [0.1, 0.15) is 70.6 Å². The number of ether oxygens (including phenoxy) is 3. The summed E-state index contributed by atoms with van der Waals surface area (Å²) in [6, 6.07) is 0. The summed E-state index contributed by atoms with van der Waals surface area (Å²) in [7, 11) is 0. The second-order valence-electron chi connectivity index (χ2n) is 8.36. The zero-order valence-corrected chi connectivity index (χ0v) is 16.1. The van der Waals surface area contributed by atoms with E-state index in [-0.39, 0.29) is 6.42 Å². The van der Waals surface area contributed by atoms with Crippen LogP contribution in [-0.2, 0) is 19.0 Å². The van der Waals surface area contributed by atoms with Crippen molar-refractivity contribution in [3.05, 3.63) is 0 Å². The number of carboxylic acid groups (broad SMARTS) is 1. The minimum absolute atomic E-state index is 0.193. The second kappa shape index (κ2) is 10.6. The molecule has 1 N–H and O–H groups in total. The van der Waals surface area contributed by atoms with Gasteiger partial charge in [-0.25, -0.2) is 0 Å². The Balaban J connectivity index is 1.28. The van der Waals surface area contributed by atoms with E-state index in [0.717, 1.165) is 38.6 Å². The number of carbonyl (C=O) groups is 1. The van der Waals surface area contributed by atoms with Crippen molar-refractivity contribution in [3.8, 4) is 0 Å². The van der Waals surface area contributed by atoms with Gasteiger partial charge in [0.1, 0.15) is 0 Å². The average molecular weight is 369 g/mol. The first kappa shape index (κ1) is 20.1. The summed E-state index contributed by atoms with van der Waals surface area (Å²) < 4.78 is 17.8. The molecule has 3 fully saturated rings. The van der Waals surface area contributed by atoms with Crippen molar-refractivity contribution in [1.82, 2.24) is 0 Å². The molecule has 0 amide bonds. The van der Waals surface area contributed by atoms with Gasteiger partial charge in [-0.15, -0.1) is 0 Å². The maximum atomic E-state index is 10.5. The highest BCUT2D eigenvalue weighted by molar-refractivity contribution is 5.66. The van der Waals surface area contributed by atoms with Crippen molar-refractivity contribution >= 4 is 5.97 Å². The first-order valence-corrected chi connectivity index (χ1v) is 10.8. The molecule has 3 rings (SSSR count). The molecule has 150 valence electrons. The standard InChI is InChI=1S/C21H36O5/c22-21(23)6-3-12-24-14-10-17-18(20-8-7-19(17)26-20)11-15-25-13-9-16-4-1-2-5-16/h16-20H,1-15H2,(H,22,23)/t17-,18+,19-,20+/m1/s1. The second-order valence-corrected chi connectivity index (χ2v) is 8.36. The maximum absolute atomic E-state index is 10.5. The Bertz CT molecular complexity index is 421. The van der Waals surface area contributed by atoms with E-state index < -0.39 is 5.97 Å². The lowest BCUT2D eigenvalue weighted by Gasteiger charge is -2.28. The minimum atomic E-state index is -0.747. The normalized spacial score (nSPS) is 31.1. The summed E-state index contributed by atoms with van der Waals surface area (Å²) in [6.07, 6.45) is 13.0. The lowest BCUT2D eigenvalue weighted by Crippen LogP contribution is -2.29. The van der Waals surface area contributed by atoms with Gasteiger partial charge in [0.25, 0.3) is 0 Å². The molecule has 26 heavy (non-hydrogen) atoms. The van der Waals surface area contributed by atoms with Crippen LogP contribution in [0.15, 0.2) is 0 Å². The average Bonchev–Trinajstić information content (AvgIpc) is 3.35. The maximum Gasteiger partial charge on any atom is 0.303 e. The molecule has 5 nitrogen and oxygen atoms in total. The van der Waals surface area contributed by atoms with Crippen molar-refractivity contribution in [2.75, 3.05) is 26.4 Å². The number of carboxylic acids is 1. The quantitative estimate of drug-likeness (QED) is 0.497. The fraction of sp³-hybridized carbons (Fsp3) is 0.952. The van der Waals surface area contributed by atoms with Crippen LogP contribution in [-0.4, -0.2) is 49.7 Å². The first-order valence-electron chi connectivity index (χ1n) is 10.8. The molecule has 4 atom stereocenters. The van der Waals surface area contributed by atoms with Gasteiger partial charge in [0.15, 0.2) is 0 Å². The molecule has 2 saturated heterocycles. The fourth-order valence-corrected chi connectivity index (χ4v) is 5.19. The zero-order chi connectivity index (χ0) is 18.2. The predicted octanol–water partition coefficient (Wildman–Crippen LogP) is 4.04. The largest absolute Gasteiger partial charge is 0.481 e. The third-order valence-electron chi connectivity index (χ3n) is 6.61. The Hall–Kier alpha value is -0.650. The van der Waals surface area contributed by atoms with E-state index in [1.54, 1.807) is 0 Å². The monoisotopic (exact) mass is 368 g/mol. The van der Waals surface area contributed by atoms with E-state index in [1.165, 1.54) is 44.9 Å². The Kier molecular flexibility index (Phi) is 8.21. The highest BCUT2D eigenvalue weighted by atomic mass is 16.5. The summed E-state index contributed by atoms with van der Waals surface area (Å²) in [5, 5.41) is 8.65. The summed E-state index contributed by atoms with van der Waals surface area (Å²) in [4.78, 5) is 10.5. The fourth-order valence-electron chi connectivity index (χ4n) is 5.19. The molecule has 3 aliphatic rings. The Labute approximate surface area is 157 Å². The van der Waals surface area contributed by atoms with Crippen molar-refractivity contribution in [2.45, 2.75) is 82.8 Å². The summed E-state index contributed by atoms with van der Waals surface area (Å²) >= 11 is 0. The molecule has 2 heterocycles. The SMILES string of the molecule is O=C(O)CCCOCC[C@@H]1[C@H](CCOCCC2CCCC2)[C@@H]2CC[C@H]1O2. The van der Waals surface area contributed by atoms with Crippen LogP contribution in [0.4, 0.5) is 0 Å². The molecule has 2 bridgehead atoms. The number of fused-ring (bicyclic) bond motifs is 2. The van der Waals surface area contributed by atoms with Crippen LogP contribution >= 0.6 is 0 Å². The van der Waals surface area contributed by atoms with E-state index in [4.69, 9.17) is 19.3 Å². The molecule has 0 aromatic carbocycles. The van der Waals surface area contributed by atoms with Crippen LogP contribution in [0.3, 0.4) is 0 Å². The van der Waals surface area contributed by atoms with Crippen molar-refractivity contribution in [3.63, 3.8) is 0 Å². The van der Waals surface area contributed by atoms with Gasteiger partial charge in [-0.2, -0.15) is 0 Å². The lowest BCUT2D eigenvalue weighted by molar-refractivity contribution is -0.137. The molecular weight excluding hydrogens is 332 g/mol. The summed E-state index contributed by atoms with van der Waals surface area (Å²) in [5.41, 5.74) is 0. The van der Waals surface area contributed by atoms with Crippen LogP contribution < -0.4 is 0 Å². The van der Waals surface area contributed by atoms with Gasteiger partial charge in [0.2, 0.25) is 0 Å². The van der Waals surface area contributed by atoms with E-state index in [1.807, 2.05) is 0 Å². The molecule has 0 spiro atoms.